The number of ether oxygens (including phenoxy) is 1. The number of benzene rings is 2. The SMILES string of the molecule is CC(C)(C)c1ccc(C(=O)NNC(=O)[C@@H]2Cc3ccccc3O2)cc1. The lowest BCUT2D eigenvalue weighted by atomic mass is 9.87. The van der Waals surface area contributed by atoms with Gasteiger partial charge in [0.1, 0.15) is 5.75 Å². The number of rotatable bonds is 2. The van der Waals surface area contributed by atoms with E-state index in [0.717, 1.165) is 11.1 Å². The molecule has 2 N–H and O–H groups in total. The summed E-state index contributed by atoms with van der Waals surface area (Å²) in [4.78, 5) is 24.4. The highest BCUT2D eigenvalue weighted by molar-refractivity contribution is 5.96. The lowest BCUT2D eigenvalue weighted by molar-refractivity contribution is -0.128. The molecule has 5 nitrogen and oxygen atoms in total. The van der Waals surface area contributed by atoms with Gasteiger partial charge in [0.05, 0.1) is 0 Å². The summed E-state index contributed by atoms with van der Waals surface area (Å²) in [6.07, 6.45) is -0.126. The third-order valence-electron chi connectivity index (χ3n) is 4.25. The van der Waals surface area contributed by atoms with E-state index >= 15 is 0 Å². The van der Waals surface area contributed by atoms with Crippen molar-refractivity contribution < 1.29 is 14.3 Å². The molecule has 1 atom stereocenters. The molecule has 0 saturated heterocycles. The standard InChI is InChI=1S/C20H22N2O3/c1-20(2,3)15-10-8-13(9-11-15)18(23)21-22-19(24)17-12-14-6-4-5-7-16(14)25-17/h4-11,17H,12H2,1-3H3,(H,21,23)(H,22,24)/t17-/m0/s1. The summed E-state index contributed by atoms with van der Waals surface area (Å²) < 4.78 is 5.60. The van der Waals surface area contributed by atoms with Gasteiger partial charge < -0.3 is 4.74 Å². The Morgan fingerprint density at radius 2 is 1.68 bits per heavy atom. The molecule has 0 aromatic heterocycles. The molecular formula is C20H22N2O3. The van der Waals surface area contributed by atoms with Crippen LogP contribution in [0.1, 0.15) is 42.3 Å². The van der Waals surface area contributed by atoms with E-state index in [0.29, 0.717) is 17.7 Å². The molecule has 0 fully saturated rings. The maximum atomic E-state index is 12.2. The maximum Gasteiger partial charge on any atom is 0.279 e. The maximum absolute atomic E-state index is 12.2. The molecule has 130 valence electrons. The predicted octanol–water partition coefficient (Wildman–Crippen LogP) is 2.75. The van der Waals surface area contributed by atoms with Crippen LogP contribution in [0.4, 0.5) is 0 Å². The molecule has 0 unspecified atom stereocenters. The van der Waals surface area contributed by atoms with Crippen molar-refractivity contribution in [1.82, 2.24) is 10.9 Å². The molecule has 1 aliphatic rings. The van der Waals surface area contributed by atoms with Gasteiger partial charge in [0, 0.05) is 12.0 Å². The van der Waals surface area contributed by atoms with Gasteiger partial charge in [-0.3, -0.25) is 20.4 Å². The second-order valence-corrected chi connectivity index (χ2v) is 7.19. The lowest BCUT2D eigenvalue weighted by Gasteiger charge is -2.19. The number of hydrogen-bond donors (Lipinski definition) is 2. The lowest BCUT2D eigenvalue weighted by Crippen LogP contribution is -2.47. The van der Waals surface area contributed by atoms with E-state index in [1.807, 2.05) is 36.4 Å². The highest BCUT2D eigenvalue weighted by Gasteiger charge is 2.29. The van der Waals surface area contributed by atoms with E-state index < -0.39 is 6.10 Å². The fourth-order valence-corrected chi connectivity index (χ4v) is 2.72. The number of nitrogens with one attached hydrogen (secondary N) is 2. The van der Waals surface area contributed by atoms with Crippen molar-refractivity contribution in [2.75, 3.05) is 0 Å². The number of carbonyl (C=O) groups is 2. The Balaban J connectivity index is 1.55. The molecule has 2 aromatic carbocycles. The number of hydrazine groups is 1. The van der Waals surface area contributed by atoms with Crippen molar-refractivity contribution in [2.45, 2.75) is 38.7 Å². The molecule has 1 aliphatic heterocycles. The van der Waals surface area contributed by atoms with Crippen LogP contribution >= 0.6 is 0 Å². The van der Waals surface area contributed by atoms with Crippen LogP contribution in [0, 0.1) is 0 Å². The van der Waals surface area contributed by atoms with E-state index in [4.69, 9.17) is 4.74 Å². The molecule has 0 bridgehead atoms. The summed E-state index contributed by atoms with van der Waals surface area (Å²) in [6, 6.07) is 14.9. The molecule has 3 rings (SSSR count). The third-order valence-corrected chi connectivity index (χ3v) is 4.25. The van der Waals surface area contributed by atoms with Gasteiger partial charge in [0.15, 0.2) is 6.10 Å². The number of fused-ring (bicyclic) bond motifs is 1. The Hall–Kier alpha value is -2.82. The largest absolute Gasteiger partial charge is 0.480 e. The number of para-hydroxylation sites is 1. The minimum Gasteiger partial charge on any atom is -0.480 e. The summed E-state index contributed by atoms with van der Waals surface area (Å²) in [5, 5.41) is 0. The smallest absolute Gasteiger partial charge is 0.279 e. The molecule has 1 heterocycles. The van der Waals surface area contributed by atoms with E-state index in [1.54, 1.807) is 12.1 Å². The highest BCUT2D eigenvalue weighted by Crippen LogP contribution is 2.28. The molecule has 0 spiro atoms. The van der Waals surface area contributed by atoms with Gasteiger partial charge in [-0.15, -0.1) is 0 Å². The molecule has 2 aromatic rings. The Morgan fingerprint density at radius 1 is 1.00 bits per heavy atom. The summed E-state index contributed by atoms with van der Waals surface area (Å²) in [6.45, 7) is 6.34. The minimum atomic E-state index is -0.624. The zero-order valence-corrected chi connectivity index (χ0v) is 14.6. The Morgan fingerprint density at radius 3 is 2.32 bits per heavy atom. The van der Waals surface area contributed by atoms with Crippen molar-refractivity contribution in [3.63, 3.8) is 0 Å². The van der Waals surface area contributed by atoms with Gasteiger partial charge in [0.2, 0.25) is 0 Å². The summed E-state index contributed by atoms with van der Waals surface area (Å²) >= 11 is 0. The molecule has 25 heavy (non-hydrogen) atoms. The van der Waals surface area contributed by atoms with Crippen molar-refractivity contribution >= 4 is 11.8 Å². The van der Waals surface area contributed by atoms with Crippen LogP contribution in [0.2, 0.25) is 0 Å². The normalized spacial score (nSPS) is 15.9. The Kier molecular flexibility index (Phi) is 4.49. The van der Waals surface area contributed by atoms with Crippen LogP contribution in [0.5, 0.6) is 5.75 Å². The fourth-order valence-electron chi connectivity index (χ4n) is 2.72. The van der Waals surface area contributed by atoms with Crippen molar-refractivity contribution in [2.24, 2.45) is 0 Å². The molecular weight excluding hydrogens is 316 g/mol. The predicted molar refractivity (Wildman–Crippen MR) is 95.3 cm³/mol. The van der Waals surface area contributed by atoms with E-state index in [1.165, 1.54) is 0 Å². The van der Waals surface area contributed by atoms with Gasteiger partial charge in [-0.25, -0.2) is 0 Å². The third kappa shape index (κ3) is 3.82. The zero-order valence-electron chi connectivity index (χ0n) is 14.6. The summed E-state index contributed by atoms with van der Waals surface area (Å²) in [7, 11) is 0. The molecule has 2 amide bonds. The second-order valence-electron chi connectivity index (χ2n) is 7.19. The number of amides is 2. The van der Waals surface area contributed by atoms with Gasteiger partial charge in [-0.2, -0.15) is 0 Å². The first-order valence-corrected chi connectivity index (χ1v) is 8.30. The van der Waals surface area contributed by atoms with Crippen LogP contribution in [0.3, 0.4) is 0 Å². The zero-order chi connectivity index (χ0) is 18.0. The molecule has 5 heteroatoms. The van der Waals surface area contributed by atoms with E-state index in [9.17, 15) is 9.59 Å². The minimum absolute atomic E-state index is 0.0258. The fraction of sp³-hybridized carbons (Fsp3) is 0.300. The molecule has 0 aliphatic carbocycles. The van der Waals surface area contributed by atoms with E-state index in [2.05, 4.69) is 31.6 Å². The summed E-state index contributed by atoms with van der Waals surface area (Å²) in [5.41, 5.74) is 7.53. The Bertz CT molecular complexity index is 766. The first kappa shape index (κ1) is 17.0. The number of hydrogen-bond acceptors (Lipinski definition) is 3. The van der Waals surface area contributed by atoms with Crippen molar-refractivity contribution in [3.8, 4) is 5.75 Å². The first-order chi connectivity index (χ1) is 11.8. The molecule has 0 saturated carbocycles. The van der Waals surface area contributed by atoms with Crippen LogP contribution in [0.15, 0.2) is 48.5 Å². The van der Waals surface area contributed by atoms with Crippen LogP contribution in [-0.2, 0) is 16.6 Å². The van der Waals surface area contributed by atoms with Gasteiger partial charge >= 0.3 is 0 Å². The average Bonchev–Trinajstić information content (AvgIpc) is 3.03. The highest BCUT2D eigenvalue weighted by atomic mass is 16.5. The molecule has 0 radical (unpaired) electrons. The van der Waals surface area contributed by atoms with Crippen LogP contribution < -0.4 is 15.6 Å². The van der Waals surface area contributed by atoms with Gasteiger partial charge in [-0.1, -0.05) is 51.1 Å². The van der Waals surface area contributed by atoms with Gasteiger partial charge in [0.25, 0.3) is 11.8 Å². The topological polar surface area (TPSA) is 67.4 Å². The van der Waals surface area contributed by atoms with Crippen LogP contribution in [-0.4, -0.2) is 17.9 Å². The van der Waals surface area contributed by atoms with Gasteiger partial charge in [-0.05, 0) is 34.7 Å². The number of carbonyl (C=O) groups excluding carboxylic acids is 2. The van der Waals surface area contributed by atoms with Crippen LogP contribution in [0.25, 0.3) is 0 Å². The average molecular weight is 338 g/mol. The quantitative estimate of drug-likeness (QED) is 0.828. The second kappa shape index (κ2) is 6.59. The van der Waals surface area contributed by atoms with E-state index in [-0.39, 0.29) is 17.2 Å². The monoisotopic (exact) mass is 338 g/mol. The first-order valence-electron chi connectivity index (χ1n) is 8.30. The summed E-state index contributed by atoms with van der Waals surface area (Å²) in [5.74, 6) is -0.00747. The van der Waals surface area contributed by atoms with Crippen molar-refractivity contribution in [1.29, 1.82) is 0 Å². The Labute approximate surface area is 147 Å². The van der Waals surface area contributed by atoms with Crippen molar-refractivity contribution in [3.05, 3.63) is 65.2 Å².